The van der Waals surface area contributed by atoms with Crippen molar-refractivity contribution in [3.05, 3.63) is 76.7 Å². The van der Waals surface area contributed by atoms with Crippen LogP contribution >= 0.6 is 0 Å². The molecule has 1 aromatic carbocycles. The Balaban J connectivity index is 1.41. The van der Waals surface area contributed by atoms with Gasteiger partial charge in [0.25, 0.3) is 5.56 Å². The SMILES string of the molecule is O=C(Cn1nc(C2=CCCCC2)ccc1=O)N1CCc2c(-c3cncnc3)cccc21. The van der Waals surface area contributed by atoms with Crippen molar-refractivity contribution in [1.29, 1.82) is 0 Å². The number of amides is 1. The van der Waals surface area contributed by atoms with Gasteiger partial charge in [-0.3, -0.25) is 9.59 Å². The lowest BCUT2D eigenvalue weighted by Gasteiger charge is -2.19. The number of nitrogens with zero attached hydrogens (tertiary/aromatic N) is 5. The first-order valence-corrected chi connectivity index (χ1v) is 10.7. The van der Waals surface area contributed by atoms with E-state index in [1.165, 1.54) is 23.5 Å². The van der Waals surface area contributed by atoms with Gasteiger partial charge in [0.15, 0.2) is 0 Å². The molecule has 0 N–H and O–H groups in total. The molecule has 0 saturated carbocycles. The Morgan fingerprint density at radius 2 is 1.90 bits per heavy atom. The molecule has 0 unspecified atom stereocenters. The van der Waals surface area contributed by atoms with Gasteiger partial charge in [-0.1, -0.05) is 18.2 Å². The van der Waals surface area contributed by atoms with Crippen molar-refractivity contribution in [2.75, 3.05) is 11.4 Å². The zero-order valence-electron chi connectivity index (χ0n) is 17.2. The minimum atomic E-state index is -0.261. The highest BCUT2D eigenvalue weighted by Crippen LogP contribution is 2.35. The Kier molecular flexibility index (Phi) is 5.16. The molecule has 1 amide bonds. The van der Waals surface area contributed by atoms with Gasteiger partial charge in [0.2, 0.25) is 5.91 Å². The molecular weight excluding hydrogens is 390 g/mol. The summed E-state index contributed by atoms with van der Waals surface area (Å²) < 4.78 is 1.29. The molecule has 0 atom stereocenters. The monoisotopic (exact) mass is 413 g/mol. The molecule has 1 aliphatic carbocycles. The quantitative estimate of drug-likeness (QED) is 0.656. The van der Waals surface area contributed by atoms with Crippen LogP contribution in [0.15, 0.2) is 59.9 Å². The van der Waals surface area contributed by atoms with Gasteiger partial charge in [0.05, 0.1) is 5.69 Å². The fourth-order valence-corrected chi connectivity index (χ4v) is 4.42. The number of carbonyl (C=O) groups excluding carboxylic acids is 1. The standard InChI is InChI=1S/C24H23N5O2/c30-23-10-9-21(17-5-2-1-3-6-17)27-29(23)15-24(31)28-12-11-20-19(7-4-8-22(20)28)18-13-25-16-26-14-18/h4-5,7-10,13-14,16H,1-3,6,11-12,15H2. The summed E-state index contributed by atoms with van der Waals surface area (Å²) in [6, 6.07) is 9.19. The average Bonchev–Trinajstić information content (AvgIpc) is 3.26. The third-order valence-corrected chi connectivity index (χ3v) is 5.97. The first-order chi connectivity index (χ1) is 15.2. The number of hydrogen-bond donors (Lipinski definition) is 0. The summed E-state index contributed by atoms with van der Waals surface area (Å²) in [7, 11) is 0. The van der Waals surface area contributed by atoms with E-state index in [1.807, 2.05) is 18.2 Å². The number of hydrogen-bond acceptors (Lipinski definition) is 5. The van der Waals surface area contributed by atoms with Crippen LogP contribution in [0, 0.1) is 0 Å². The Bertz CT molecular complexity index is 1220. The van der Waals surface area contributed by atoms with Gasteiger partial charge in [0, 0.05) is 36.3 Å². The minimum Gasteiger partial charge on any atom is -0.310 e. The second-order valence-corrected chi connectivity index (χ2v) is 7.92. The van der Waals surface area contributed by atoms with Gasteiger partial charge in [-0.05, 0) is 60.9 Å². The lowest BCUT2D eigenvalue weighted by Crippen LogP contribution is -2.36. The summed E-state index contributed by atoms with van der Waals surface area (Å²) >= 11 is 0. The first kappa shape index (κ1) is 19.4. The lowest BCUT2D eigenvalue weighted by atomic mass is 9.97. The van der Waals surface area contributed by atoms with E-state index in [9.17, 15) is 9.59 Å². The molecule has 7 nitrogen and oxygen atoms in total. The second kappa shape index (κ2) is 8.26. The van der Waals surface area contributed by atoms with Crippen LogP contribution in [-0.2, 0) is 17.8 Å². The molecule has 0 spiro atoms. The minimum absolute atomic E-state index is 0.0714. The van der Waals surface area contributed by atoms with Crippen LogP contribution in [0.4, 0.5) is 5.69 Å². The van der Waals surface area contributed by atoms with E-state index in [1.54, 1.807) is 23.4 Å². The number of carbonyl (C=O) groups is 1. The number of anilines is 1. The lowest BCUT2D eigenvalue weighted by molar-refractivity contribution is -0.119. The number of allylic oxidation sites excluding steroid dienone is 2. The van der Waals surface area contributed by atoms with Gasteiger partial charge >= 0.3 is 0 Å². The molecule has 3 aromatic rings. The van der Waals surface area contributed by atoms with Crippen LogP contribution in [-0.4, -0.2) is 32.2 Å². The van der Waals surface area contributed by atoms with E-state index in [-0.39, 0.29) is 18.0 Å². The van der Waals surface area contributed by atoms with Crippen molar-refractivity contribution < 1.29 is 4.79 Å². The Morgan fingerprint density at radius 1 is 1.03 bits per heavy atom. The normalized spacial score (nSPS) is 15.5. The van der Waals surface area contributed by atoms with Crippen molar-refractivity contribution in [1.82, 2.24) is 19.7 Å². The molecule has 156 valence electrons. The number of benzene rings is 1. The van der Waals surface area contributed by atoms with Crippen LogP contribution < -0.4 is 10.5 Å². The molecule has 31 heavy (non-hydrogen) atoms. The number of rotatable bonds is 4. The molecule has 1 aliphatic heterocycles. The van der Waals surface area contributed by atoms with Crippen LogP contribution in [0.5, 0.6) is 0 Å². The summed E-state index contributed by atoms with van der Waals surface area (Å²) in [6.45, 7) is 0.510. The van der Waals surface area contributed by atoms with Crippen molar-refractivity contribution in [2.45, 2.75) is 38.6 Å². The van der Waals surface area contributed by atoms with Gasteiger partial charge < -0.3 is 4.90 Å². The van der Waals surface area contributed by atoms with Crippen molar-refractivity contribution in [2.24, 2.45) is 0 Å². The molecule has 2 aromatic heterocycles. The summed E-state index contributed by atoms with van der Waals surface area (Å²) in [6.07, 6.45) is 12.3. The Labute approximate surface area is 180 Å². The Morgan fingerprint density at radius 3 is 2.71 bits per heavy atom. The second-order valence-electron chi connectivity index (χ2n) is 7.92. The topological polar surface area (TPSA) is 81.0 Å². The molecule has 0 radical (unpaired) electrons. The molecular formula is C24H23N5O2. The van der Waals surface area contributed by atoms with Crippen LogP contribution in [0.2, 0.25) is 0 Å². The van der Waals surface area contributed by atoms with E-state index in [0.29, 0.717) is 6.54 Å². The fourth-order valence-electron chi connectivity index (χ4n) is 4.42. The predicted molar refractivity (Wildman–Crippen MR) is 118 cm³/mol. The maximum Gasteiger partial charge on any atom is 0.267 e. The van der Waals surface area contributed by atoms with E-state index < -0.39 is 0 Å². The molecule has 0 bridgehead atoms. The average molecular weight is 413 g/mol. The van der Waals surface area contributed by atoms with Crippen LogP contribution in [0.1, 0.15) is 36.9 Å². The molecule has 0 fully saturated rings. The number of aromatic nitrogens is 4. The van der Waals surface area contributed by atoms with Crippen molar-refractivity contribution >= 4 is 17.2 Å². The fraction of sp³-hybridized carbons (Fsp3) is 0.292. The predicted octanol–water partition coefficient (Wildman–Crippen LogP) is 3.25. The van der Waals surface area contributed by atoms with Crippen molar-refractivity contribution in [3.8, 4) is 11.1 Å². The largest absolute Gasteiger partial charge is 0.310 e. The summed E-state index contributed by atoms with van der Waals surface area (Å²) in [5.41, 5.74) is 5.64. The maximum atomic E-state index is 13.2. The van der Waals surface area contributed by atoms with Gasteiger partial charge in [-0.2, -0.15) is 5.10 Å². The summed E-state index contributed by atoms with van der Waals surface area (Å²) in [5, 5.41) is 4.50. The number of fused-ring (bicyclic) bond motifs is 1. The zero-order chi connectivity index (χ0) is 21.2. The zero-order valence-corrected chi connectivity index (χ0v) is 17.2. The molecule has 3 heterocycles. The van der Waals surface area contributed by atoms with Crippen LogP contribution in [0.25, 0.3) is 16.7 Å². The highest BCUT2D eigenvalue weighted by atomic mass is 16.2. The third kappa shape index (κ3) is 3.79. The highest BCUT2D eigenvalue weighted by molar-refractivity contribution is 5.96. The smallest absolute Gasteiger partial charge is 0.267 e. The third-order valence-electron chi connectivity index (χ3n) is 5.97. The van der Waals surface area contributed by atoms with Crippen LogP contribution in [0.3, 0.4) is 0 Å². The van der Waals surface area contributed by atoms with Gasteiger partial charge in [0.1, 0.15) is 12.9 Å². The molecule has 2 aliphatic rings. The maximum absolute atomic E-state index is 13.2. The van der Waals surface area contributed by atoms with E-state index in [0.717, 1.165) is 59.3 Å². The van der Waals surface area contributed by atoms with Gasteiger partial charge in [-0.15, -0.1) is 0 Å². The van der Waals surface area contributed by atoms with E-state index >= 15 is 0 Å². The molecule has 5 rings (SSSR count). The summed E-state index contributed by atoms with van der Waals surface area (Å²) in [5.74, 6) is -0.135. The summed E-state index contributed by atoms with van der Waals surface area (Å²) in [4.78, 5) is 35.5. The van der Waals surface area contributed by atoms with E-state index in [4.69, 9.17) is 0 Å². The highest BCUT2D eigenvalue weighted by Gasteiger charge is 2.27. The molecule has 0 saturated heterocycles. The first-order valence-electron chi connectivity index (χ1n) is 10.7. The Hall–Kier alpha value is -3.61. The van der Waals surface area contributed by atoms with Gasteiger partial charge in [-0.25, -0.2) is 14.6 Å². The van der Waals surface area contributed by atoms with Crippen molar-refractivity contribution in [3.63, 3.8) is 0 Å². The van der Waals surface area contributed by atoms with E-state index in [2.05, 4.69) is 21.1 Å². The molecule has 7 heteroatoms.